The second-order valence-corrected chi connectivity index (χ2v) is 7.56. The largest absolute Gasteiger partial charge is 0.508 e. The molecule has 3 heterocycles. The van der Waals surface area contributed by atoms with Crippen molar-refractivity contribution in [3.63, 3.8) is 0 Å². The molecule has 1 saturated heterocycles. The second-order valence-electron chi connectivity index (χ2n) is 7.56. The van der Waals surface area contributed by atoms with Crippen LogP contribution in [0.4, 0.5) is 5.69 Å². The van der Waals surface area contributed by atoms with Gasteiger partial charge in [-0.1, -0.05) is 0 Å². The molecule has 0 saturated carbocycles. The van der Waals surface area contributed by atoms with E-state index in [2.05, 4.69) is 25.9 Å². The van der Waals surface area contributed by atoms with Crippen molar-refractivity contribution in [2.24, 2.45) is 0 Å². The molecule has 1 fully saturated rings. The van der Waals surface area contributed by atoms with E-state index in [4.69, 9.17) is 14.5 Å². The van der Waals surface area contributed by atoms with Gasteiger partial charge in [-0.3, -0.25) is 0 Å². The van der Waals surface area contributed by atoms with Crippen LogP contribution in [0.2, 0.25) is 0 Å². The van der Waals surface area contributed by atoms with Gasteiger partial charge >= 0.3 is 0 Å². The number of anilines is 1. The van der Waals surface area contributed by atoms with E-state index in [1.807, 2.05) is 12.1 Å². The number of fused-ring (bicyclic) bond motifs is 1. The number of aromatic amines is 1. The highest BCUT2D eigenvalue weighted by atomic mass is 16.5. The first-order valence-corrected chi connectivity index (χ1v) is 10.1. The predicted octanol–water partition coefficient (Wildman–Crippen LogP) is 3.63. The Balaban J connectivity index is 1.64. The van der Waals surface area contributed by atoms with Gasteiger partial charge in [0.25, 0.3) is 0 Å². The van der Waals surface area contributed by atoms with Crippen LogP contribution in [0.3, 0.4) is 0 Å². The Kier molecular flexibility index (Phi) is 4.91. The Labute approximate surface area is 179 Å². The van der Waals surface area contributed by atoms with Crippen LogP contribution in [0.25, 0.3) is 33.8 Å². The number of phenolic OH excluding ortho intramolecular Hbond substituents is 1. The second kappa shape index (κ2) is 7.88. The van der Waals surface area contributed by atoms with Crippen molar-refractivity contribution in [3.05, 3.63) is 48.8 Å². The molecule has 8 nitrogen and oxygen atoms in total. The van der Waals surface area contributed by atoms with Gasteiger partial charge in [0.2, 0.25) is 0 Å². The average Bonchev–Trinajstić information content (AvgIpc) is 3.48. The number of ether oxygens (including phenoxy) is 2. The number of hydrogen-bond donors (Lipinski definition) is 2. The van der Waals surface area contributed by atoms with Gasteiger partial charge in [-0.25, -0.2) is 15.0 Å². The Morgan fingerprint density at radius 3 is 2.65 bits per heavy atom. The van der Waals surface area contributed by atoms with Crippen molar-refractivity contribution in [2.45, 2.75) is 12.5 Å². The molecular weight excluding hydrogens is 394 g/mol. The van der Waals surface area contributed by atoms with Crippen LogP contribution in [0.5, 0.6) is 11.5 Å². The summed E-state index contributed by atoms with van der Waals surface area (Å²) in [6, 6.07) is 12.9. The molecule has 2 aromatic heterocycles. The lowest BCUT2D eigenvalue weighted by molar-refractivity contribution is 0.121. The first kappa shape index (κ1) is 19.3. The molecule has 158 valence electrons. The number of rotatable bonds is 5. The number of phenols is 1. The summed E-state index contributed by atoms with van der Waals surface area (Å²) in [7, 11) is 3.42. The number of nitrogens with one attached hydrogen (secondary N) is 1. The van der Waals surface area contributed by atoms with Gasteiger partial charge in [0.1, 0.15) is 22.7 Å². The minimum atomic E-state index is 0.197. The summed E-state index contributed by atoms with van der Waals surface area (Å²) in [6.45, 7) is 1.76. The Morgan fingerprint density at radius 2 is 1.90 bits per heavy atom. The molecule has 2 N–H and O–H groups in total. The van der Waals surface area contributed by atoms with Crippen molar-refractivity contribution in [2.75, 3.05) is 32.2 Å². The normalized spacial score (nSPS) is 16.2. The van der Waals surface area contributed by atoms with E-state index in [0.717, 1.165) is 53.3 Å². The van der Waals surface area contributed by atoms with Gasteiger partial charge < -0.3 is 24.5 Å². The average molecular weight is 417 g/mol. The number of aromatic hydroxyl groups is 1. The SMILES string of the molecule is COc1cc(-c2nc(-c3ccc(O)cc3)nc3nc[nH]c23)cc(N2CCC(OC)C2)c1. The van der Waals surface area contributed by atoms with E-state index in [9.17, 15) is 5.11 Å². The lowest BCUT2D eigenvalue weighted by Crippen LogP contribution is -2.22. The third-order valence-electron chi connectivity index (χ3n) is 5.66. The fraction of sp³-hybridized carbons (Fsp3) is 0.261. The number of nitrogens with zero attached hydrogens (tertiary/aromatic N) is 4. The molecule has 2 aromatic carbocycles. The lowest BCUT2D eigenvalue weighted by atomic mass is 10.1. The van der Waals surface area contributed by atoms with E-state index in [1.165, 1.54) is 0 Å². The molecule has 1 aliphatic rings. The molecule has 0 bridgehead atoms. The molecule has 4 aromatic rings. The molecule has 0 spiro atoms. The first-order chi connectivity index (χ1) is 15.1. The molecule has 5 rings (SSSR count). The van der Waals surface area contributed by atoms with Gasteiger partial charge in [-0.05, 0) is 42.8 Å². The molecule has 1 unspecified atom stereocenters. The summed E-state index contributed by atoms with van der Waals surface area (Å²) in [5.41, 5.74) is 4.86. The van der Waals surface area contributed by atoms with E-state index in [0.29, 0.717) is 11.5 Å². The number of hydrogen-bond acceptors (Lipinski definition) is 7. The Morgan fingerprint density at radius 1 is 1.06 bits per heavy atom. The summed E-state index contributed by atoms with van der Waals surface area (Å²) >= 11 is 0. The number of methoxy groups -OCH3 is 2. The highest BCUT2D eigenvalue weighted by Gasteiger charge is 2.24. The third kappa shape index (κ3) is 3.66. The Bertz CT molecular complexity index is 1220. The highest BCUT2D eigenvalue weighted by molar-refractivity contribution is 5.89. The minimum Gasteiger partial charge on any atom is -0.508 e. The topological polar surface area (TPSA) is 96.4 Å². The zero-order valence-electron chi connectivity index (χ0n) is 17.4. The number of imidazole rings is 1. The standard InChI is InChI=1S/C23H23N5O3/c1-30-18-7-8-28(12-18)16-9-15(10-19(11-16)31-2)20-21-23(25-13-24-21)27-22(26-20)14-3-5-17(29)6-4-14/h3-6,9-11,13,18,29H,7-8,12H2,1-2H3,(H,24,25,26,27). The number of H-pyrrole nitrogens is 1. The van der Waals surface area contributed by atoms with Crippen molar-refractivity contribution < 1.29 is 14.6 Å². The van der Waals surface area contributed by atoms with Gasteiger partial charge in [-0.15, -0.1) is 0 Å². The fourth-order valence-electron chi connectivity index (χ4n) is 3.96. The molecule has 1 atom stereocenters. The molecule has 1 aliphatic heterocycles. The van der Waals surface area contributed by atoms with Crippen LogP contribution in [-0.4, -0.2) is 58.5 Å². The van der Waals surface area contributed by atoms with Crippen LogP contribution < -0.4 is 9.64 Å². The maximum Gasteiger partial charge on any atom is 0.181 e. The number of aromatic nitrogens is 4. The zero-order chi connectivity index (χ0) is 21.4. The molecular formula is C23H23N5O3. The summed E-state index contributed by atoms with van der Waals surface area (Å²) in [5.74, 6) is 1.49. The van der Waals surface area contributed by atoms with Crippen LogP contribution in [0.1, 0.15) is 6.42 Å². The summed E-state index contributed by atoms with van der Waals surface area (Å²) < 4.78 is 11.1. The fourth-order valence-corrected chi connectivity index (χ4v) is 3.96. The molecule has 31 heavy (non-hydrogen) atoms. The van der Waals surface area contributed by atoms with E-state index in [1.54, 1.807) is 44.8 Å². The maximum absolute atomic E-state index is 9.62. The molecule has 0 aliphatic carbocycles. The Hall–Kier alpha value is -3.65. The summed E-state index contributed by atoms with van der Waals surface area (Å²) in [5, 5.41) is 9.62. The first-order valence-electron chi connectivity index (χ1n) is 10.1. The van der Waals surface area contributed by atoms with Crippen LogP contribution in [0.15, 0.2) is 48.8 Å². The van der Waals surface area contributed by atoms with Gasteiger partial charge in [0, 0.05) is 43.1 Å². The summed E-state index contributed by atoms with van der Waals surface area (Å²) in [4.78, 5) is 19.3. The quantitative estimate of drug-likeness (QED) is 0.512. The highest BCUT2D eigenvalue weighted by Crippen LogP contribution is 2.34. The molecule has 8 heteroatoms. The van der Waals surface area contributed by atoms with Crippen molar-refractivity contribution >= 4 is 16.9 Å². The third-order valence-corrected chi connectivity index (χ3v) is 5.66. The van der Waals surface area contributed by atoms with Crippen LogP contribution in [-0.2, 0) is 4.74 Å². The van der Waals surface area contributed by atoms with Gasteiger partial charge in [0.05, 0.1) is 19.5 Å². The number of benzene rings is 2. The molecule has 0 amide bonds. The van der Waals surface area contributed by atoms with Crippen LogP contribution >= 0.6 is 0 Å². The van der Waals surface area contributed by atoms with E-state index < -0.39 is 0 Å². The van der Waals surface area contributed by atoms with E-state index >= 15 is 0 Å². The maximum atomic E-state index is 9.62. The minimum absolute atomic E-state index is 0.197. The van der Waals surface area contributed by atoms with Crippen molar-refractivity contribution in [1.29, 1.82) is 0 Å². The molecule has 0 radical (unpaired) electrons. The summed E-state index contributed by atoms with van der Waals surface area (Å²) in [6.07, 6.45) is 2.84. The van der Waals surface area contributed by atoms with Gasteiger partial charge in [0.15, 0.2) is 11.5 Å². The van der Waals surface area contributed by atoms with Gasteiger partial charge in [-0.2, -0.15) is 0 Å². The lowest BCUT2D eigenvalue weighted by Gasteiger charge is -2.20. The van der Waals surface area contributed by atoms with Crippen molar-refractivity contribution in [3.8, 4) is 34.1 Å². The van der Waals surface area contributed by atoms with Crippen molar-refractivity contribution in [1.82, 2.24) is 19.9 Å². The smallest absolute Gasteiger partial charge is 0.181 e. The zero-order valence-corrected chi connectivity index (χ0v) is 17.4. The van der Waals surface area contributed by atoms with Crippen LogP contribution in [0, 0.1) is 0 Å². The van der Waals surface area contributed by atoms with E-state index in [-0.39, 0.29) is 11.9 Å². The monoisotopic (exact) mass is 417 g/mol. The predicted molar refractivity (Wildman–Crippen MR) is 118 cm³/mol.